The summed E-state index contributed by atoms with van der Waals surface area (Å²) in [7, 11) is 0. The first kappa shape index (κ1) is 18.0. The highest BCUT2D eigenvalue weighted by Crippen LogP contribution is 2.24. The standard InChI is InChI=1S/C20H28N6O/c1-15-11-17(12-16(2)23-15)24-7-9-26(10-8-24)20-13-19(21-14-22-20)25-5-3-18(27)4-6-25/h11-14,18,27H,3-10H2,1-2H3. The third-order valence-corrected chi connectivity index (χ3v) is 5.46. The van der Waals surface area contributed by atoms with Gasteiger partial charge in [0.2, 0.25) is 0 Å². The molecule has 0 aliphatic carbocycles. The van der Waals surface area contributed by atoms with Gasteiger partial charge in [-0.3, -0.25) is 4.98 Å². The second kappa shape index (κ2) is 7.68. The molecule has 2 aliphatic rings. The Balaban J connectivity index is 1.41. The summed E-state index contributed by atoms with van der Waals surface area (Å²) in [4.78, 5) is 20.4. The van der Waals surface area contributed by atoms with Gasteiger partial charge in [0.05, 0.1) is 6.10 Å². The van der Waals surface area contributed by atoms with Crippen LogP contribution in [0.15, 0.2) is 24.5 Å². The topological polar surface area (TPSA) is 68.6 Å². The van der Waals surface area contributed by atoms with Crippen molar-refractivity contribution in [2.45, 2.75) is 32.8 Å². The Labute approximate surface area is 160 Å². The van der Waals surface area contributed by atoms with Crippen LogP contribution in [0.4, 0.5) is 17.3 Å². The molecule has 0 unspecified atom stereocenters. The van der Waals surface area contributed by atoms with Gasteiger partial charge in [-0.2, -0.15) is 0 Å². The van der Waals surface area contributed by atoms with Crippen LogP contribution in [0, 0.1) is 13.8 Å². The number of hydrogen-bond donors (Lipinski definition) is 1. The summed E-state index contributed by atoms with van der Waals surface area (Å²) < 4.78 is 0. The van der Waals surface area contributed by atoms with Crippen molar-refractivity contribution in [1.29, 1.82) is 0 Å². The van der Waals surface area contributed by atoms with Crippen LogP contribution in [-0.4, -0.2) is 65.4 Å². The van der Waals surface area contributed by atoms with Gasteiger partial charge in [0.25, 0.3) is 0 Å². The van der Waals surface area contributed by atoms with Gasteiger partial charge in [-0.05, 0) is 38.8 Å². The molecule has 27 heavy (non-hydrogen) atoms. The summed E-state index contributed by atoms with van der Waals surface area (Å²) in [6, 6.07) is 6.42. The van der Waals surface area contributed by atoms with Crippen molar-refractivity contribution in [1.82, 2.24) is 15.0 Å². The Morgan fingerprint density at radius 2 is 1.30 bits per heavy atom. The summed E-state index contributed by atoms with van der Waals surface area (Å²) >= 11 is 0. The van der Waals surface area contributed by atoms with E-state index in [9.17, 15) is 5.11 Å². The van der Waals surface area contributed by atoms with E-state index in [2.05, 4.69) is 61.7 Å². The SMILES string of the molecule is Cc1cc(N2CCN(c3cc(N4CCC(O)CC4)ncn3)CC2)cc(C)n1. The van der Waals surface area contributed by atoms with E-state index in [4.69, 9.17) is 0 Å². The van der Waals surface area contributed by atoms with Crippen molar-refractivity contribution in [3.63, 3.8) is 0 Å². The Bertz CT molecular complexity index is 762. The van der Waals surface area contributed by atoms with Gasteiger partial charge >= 0.3 is 0 Å². The molecule has 0 atom stereocenters. The van der Waals surface area contributed by atoms with Gasteiger partial charge in [-0.1, -0.05) is 0 Å². The van der Waals surface area contributed by atoms with E-state index in [1.165, 1.54) is 5.69 Å². The molecule has 7 nitrogen and oxygen atoms in total. The van der Waals surface area contributed by atoms with Gasteiger partial charge in [-0.15, -0.1) is 0 Å². The van der Waals surface area contributed by atoms with Crippen LogP contribution >= 0.6 is 0 Å². The lowest BCUT2D eigenvalue weighted by Gasteiger charge is -2.37. The Kier molecular flexibility index (Phi) is 5.11. The van der Waals surface area contributed by atoms with Gasteiger partial charge in [0.15, 0.2) is 0 Å². The van der Waals surface area contributed by atoms with Gasteiger partial charge < -0.3 is 19.8 Å². The quantitative estimate of drug-likeness (QED) is 0.885. The minimum absolute atomic E-state index is 0.170. The molecule has 0 saturated carbocycles. The molecular formula is C20H28N6O. The maximum absolute atomic E-state index is 9.71. The summed E-state index contributed by atoms with van der Waals surface area (Å²) in [6.45, 7) is 9.63. The number of aromatic nitrogens is 3. The first-order chi connectivity index (χ1) is 13.1. The molecule has 7 heteroatoms. The van der Waals surface area contributed by atoms with E-state index >= 15 is 0 Å². The zero-order chi connectivity index (χ0) is 18.8. The van der Waals surface area contributed by atoms with Crippen molar-refractivity contribution in [3.8, 4) is 0 Å². The molecule has 0 amide bonds. The maximum atomic E-state index is 9.71. The van der Waals surface area contributed by atoms with Crippen LogP contribution in [0.2, 0.25) is 0 Å². The number of rotatable bonds is 3. The van der Waals surface area contributed by atoms with Gasteiger partial charge in [0, 0.05) is 62.4 Å². The number of nitrogens with zero attached hydrogens (tertiary/aromatic N) is 6. The van der Waals surface area contributed by atoms with Crippen LogP contribution in [0.5, 0.6) is 0 Å². The summed E-state index contributed by atoms with van der Waals surface area (Å²) in [5, 5.41) is 9.71. The first-order valence-corrected chi connectivity index (χ1v) is 9.79. The third kappa shape index (κ3) is 4.13. The number of aryl methyl sites for hydroxylation is 2. The van der Waals surface area contributed by atoms with E-state index in [0.29, 0.717) is 0 Å². The zero-order valence-electron chi connectivity index (χ0n) is 16.2. The molecule has 2 aliphatic heterocycles. The largest absolute Gasteiger partial charge is 0.393 e. The van der Waals surface area contributed by atoms with Crippen molar-refractivity contribution in [3.05, 3.63) is 35.9 Å². The number of anilines is 3. The minimum atomic E-state index is -0.170. The third-order valence-electron chi connectivity index (χ3n) is 5.46. The van der Waals surface area contributed by atoms with E-state index in [1.54, 1.807) is 6.33 Å². The number of pyridine rings is 1. The summed E-state index contributed by atoms with van der Waals surface area (Å²) in [6.07, 6.45) is 3.11. The Morgan fingerprint density at radius 3 is 1.89 bits per heavy atom. The number of piperazine rings is 1. The van der Waals surface area contributed by atoms with Crippen LogP contribution < -0.4 is 14.7 Å². The predicted molar refractivity (Wildman–Crippen MR) is 108 cm³/mol. The number of hydrogen-bond acceptors (Lipinski definition) is 7. The van der Waals surface area contributed by atoms with Crippen LogP contribution in [0.1, 0.15) is 24.2 Å². The minimum Gasteiger partial charge on any atom is -0.393 e. The van der Waals surface area contributed by atoms with Crippen molar-refractivity contribution in [2.75, 3.05) is 54.0 Å². The Morgan fingerprint density at radius 1 is 0.778 bits per heavy atom. The molecule has 0 aromatic carbocycles. The molecule has 2 aromatic rings. The molecule has 0 spiro atoms. The highest BCUT2D eigenvalue weighted by molar-refractivity contribution is 5.53. The molecular weight excluding hydrogens is 340 g/mol. The lowest BCUT2D eigenvalue weighted by atomic mass is 10.1. The average Bonchev–Trinajstić information content (AvgIpc) is 2.68. The molecule has 2 aromatic heterocycles. The smallest absolute Gasteiger partial charge is 0.134 e. The fourth-order valence-corrected chi connectivity index (χ4v) is 3.97. The summed E-state index contributed by atoms with van der Waals surface area (Å²) in [5.74, 6) is 1.96. The zero-order valence-corrected chi connectivity index (χ0v) is 16.2. The van der Waals surface area contributed by atoms with Crippen LogP contribution in [0.3, 0.4) is 0 Å². The molecule has 0 bridgehead atoms. The van der Waals surface area contributed by atoms with Gasteiger partial charge in [-0.25, -0.2) is 9.97 Å². The number of aliphatic hydroxyl groups is 1. The number of piperidine rings is 1. The first-order valence-electron chi connectivity index (χ1n) is 9.79. The molecule has 2 fully saturated rings. The second-order valence-electron chi connectivity index (χ2n) is 7.53. The van der Waals surface area contributed by atoms with E-state index in [1.807, 2.05) is 0 Å². The van der Waals surface area contributed by atoms with E-state index in [-0.39, 0.29) is 6.10 Å². The maximum Gasteiger partial charge on any atom is 0.134 e. The highest BCUT2D eigenvalue weighted by atomic mass is 16.3. The molecule has 4 heterocycles. The normalized spacial score (nSPS) is 18.9. The van der Waals surface area contributed by atoms with Gasteiger partial charge in [0.1, 0.15) is 18.0 Å². The molecule has 0 radical (unpaired) electrons. The fraction of sp³-hybridized carbons (Fsp3) is 0.550. The molecule has 1 N–H and O–H groups in total. The second-order valence-corrected chi connectivity index (χ2v) is 7.53. The molecule has 4 rings (SSSR count). The van der Waals surface area contributed by atoms with Crippen LogP contribution in [-0.2, 0) is 0 Å². The fourth-order valence-electron chi connectivity index (χ4n) is 3.97. The van der Waals surface area contributed by atoms with Crippen molar-refractivity contribution in [2.24, 2.45) is 0 Å². The predicted octanol–water partition coefficient (Wildman–Crippen LogP) is 1.78. The number of aliphatic hydroxyl groups excluding tert-OH is 1. The average molecular weight is 368 g/mol. The lowest BCUT2D eigenvalue weighted by molar-refractivity contribution is 0.145. The van der Waals surface area contributed by atoms with Crippen LogP contribution in [0.25, 0.3) is 0 Å². The highest BCUT2D eigenvalue weighted by Gasteiger charge is 2.22. The van der Waals surface area contributed by atoms with E-state index in [0.717, 1.165) is 75.1 Å². The lowest BCUT2D eigenvalue weighted by Crippen LogP contribution is -2.47. The van der Waals surface area contributed by atoms with Crippen molar-refractivity contribution >= 4 is 17.3 Å². The monoisotopic (exact) mass is 368 g/mol. The summed E-state index contributed by atoms with van der Waals surface area (Å²) in [5.41, 5.74) is 3.40. The molecule has 2 saturated heterocycles. The van der Waals surface area contributed by atoms with Crippen molar-refractivity contribution < 1.29 is 5.11 Å². The molecule has 144 valence electrons. The van der Waals surface area contributed by atoms with E-state index < -0.39 is 0 Å². The Hall–Kier alpha value is -2.41.